The van der Waals surface area contributed by atoms with E-state index in [9.17, 15) is 4.79 Å². The Kier molecular flexibility index (Phi) is 3.69. The summed E-state index contributed by atoms with van der Waals surface area (Å²) in [6, 6.07) is 7.71. The molecule has 0 unspecified atom stereocenters. The summed E-state index contributed by atoms with van der Waals surface area (Å²) in [4.78, 5) is 13.9. The molecule has 4 heteroatoms. The molecule has 3 nitrogen and oxygen atoms in total. The molecule has 0 aromatic heterocycles. The second kappa shape index (κ2) is 5.07. The number of nitrogens with zero attached hydrogens (tertiary/aromatic N) is 1. The first-order valence-corrected chi connectivity index (χ1v) is 6.01. The number of ether oxygens (including phenoxy) is 1. The van der Waals surface area contributed by atoms with Crippen molar-refractivity contribution >= 4 is 17.6 Å². The van der Waals surface area contributed by atoms with Crippen LogP contribution in [-0.2, 0) is 9.53 Å². The van der Waals surface area contributed by atoms with E-state index in [1.807, 2.05) is 31.3 Å². The van der Waals surface area contributed by atoms with Crippen molar-refractivity contribution in [1.29, 1.82) is 0 Å². The molecule has 17 heavy (non-hydrogen) atoms. The molecule has 92 valence electrons. The predicted molar refractivity (Wildman–Crippen MR) is 67.2 cm³/mol. The van der Waals surface area contributed by atoms with Crippen molar-refractivity contribution in [3.05, 3.63) is 34.9 Å². The van der Waals surface area contributed by atoms with Gasteiger partial charge in [-0.15, -0.1) is 0 Å². The van der Waals surface area contributed by atoms with Crippen LogP contribution >= 0.6 is 11.6 Å². The molecular formula is C13H16ClNO2. The fourth-order valence-electron chi connectivity index (χ4n) is 2.44. The number of carbonyl (C=O) groups excluding carboxylic acids is 1. The summed E-state index contributed by atoms with van der Waals surface area (Å²) in [6.07, 6.45) is 0. The Morgan fingerprint density at radius 1 is 1.35 bits per heavy atom. The Morgan fingerprint density at radius 3 is 2.59 bits per heavy atom. The van der Waals surface area contributed by atoms with Gasteiger partial charge in [0.2, 0.25) is 0 Å². The summed E-state index contributed by atoms with van der Waals surface area (Å²) in [6.45, 7) is 1.63. The van der Waals surface area contributed by atoms with Gasteiger partial charge >= 0.3 is 5.97 Å². The third kappa shape index (κ3) is 2.61. The summed E-state index contributed by atoms with van der Waals surface area (Å²) in [5.41, 5.74) is 1.15. The third-order valence-corrected chi connectivity index (χ3v) is 3.56. The number of methoxy groups -OCH3 is 1. The van der Waals surface area contributed by atoms with Crippen molar-refractivity contribution in [2.45, 2.75) is 5.92 Å². The summed E-state index contributed by atoms with van der Waals surface area (Å²) in [7, 11) is 3.46. The van der Waals surface area contributed by atoms with Crippen LogP contribution in [0.25, 0.3) is 0 Å². The smallest absolute Gasteiger partial charge is 0.310 e. The van der Waals surface area contributed by atoms with Gasteiger partial charge in [0.05, 0.1) is 13.0 Å². The van der Waals surface area contributed by atoms with E-state index >= 15 is 0 Å². The summed E-state index contributed by atoms with van der Waals surface area (Å²) in [5.74, 6) is -0.00908. The van der Waals surface area contributed by atoms with Crippen molar-refractivity contribution in [3.63, 3.8) is 0 Å². The zero-order valence-electron chi connectivity index (χ0n) is 10.0. The van der Waals surface area contributed by atoms with Gasteiger partial charge in [-0.25, -0.2) is 0 Å². The molecule has 0 bridgehead atoms. The maximum atomic E-state index is 11.7. The molecule has 1 aromatic rings. The Morgan fingerprint density at radius 2 is 2.00 bits per heavy atom. The van der Waals surface area contributed by atoms with Crippen molar-refractivity contribution in [3.8, 4) is 0 Å². The van der Waals surface area contributed by atoms with Gasteiger partial charge in [-0.05, 0) is 24.7 Å². The molecule has 2 atom stereocenters. The van der Waals surface area contributed by atoms with E-state index in [0.717, 1.165) is 23.7 Å². The Bertz CT molecular complexity index is 404. The van der Waals surface area contributed by atoms with E-state index in [-0.39, 0.29) is 17.8 Å². The lowest BCUT2D eigenvalue weighted by Gasteiger charge is -2.16. The molecular weight excluding hydrogens is 238 g/mol. The lowest BCUT2D eigenvalue weighted by atomic mass is 9.89. The zero-order valence-corrected chi connectivity index (χ0v) is 10.8. The number of halogens is 1. The first-order valence-electron chi connectivity index (χ1n) is 5.63. The SMILES string of the molecule is COC(=O)[C@H]1CN(C)C[C@H]1c1ccc(Cl)cc1. The van der Waals surface area contributed by atoms with Gasteiger partial charge in [-0.3, -0.25) is 4.79 Å². The number of hydrogen-bond donors (Lipinski definition) is 0. The second-order valence-electron chi connectivity index (χ2n) is 4.51. The van der Waals surface area contributed by atoms with E-state index < -0.39 is 0 Å². The molecule has 1 heterocycles. The topological polar surface area (TPSA) is 29.5 Å². The fraction of sp³-hybridized carbons (Fsp3) is 0.462. The molecule has 1 aliphatic rings. The van der Waals surface area contributed by atoms with Crippen LogP contribution in [0, 0.1) is 5.92 Å². The quantitative estimate of drug-likeness (QED) is 0.757. The number of esters is 1. The van der Waals surface area contributed by atoms with Crippen LogP contribution in [0.2, 0.25) is 5.02 Å². The monoisotopic (exact) mass is 253 g/mol. The van der Waals surface area contributed by atoms with Crippen LogP contribution in [0.1, 0.15) is 11.5 Å². The van der Waals surface area contributed by atoms with Crippen molar-refractivity contribution in [2.75, 3.05) is 27.2 Å². The van der Waals surface area contributed by atoms with Crippen LogP contribution in [-0.4, -0.2) is 38.1 Å². The average molecular weight is 254 g/mol. The van der Waals surface area contributed by atoms with Crippen LogP contribution in [0.3, 0.4) is 0 Å². The Labute approximate surface area is 106 Å². The molecule has 1 fully saturated rings. The molecule has 0 amide bonds. The fourth-order valence-corrected chi connectivity index (χ4v) is 2.56. The van der Waals surface area contributed by atoms with Crippen LogP contribution in [0.5, 0.6) is 0 Å². The Balaban J connectivity index is 2.23. The van der Waals surface area contributed by atoms with Crippen molar-refractivity contribution in [1.82, 2.24) is 4.90 Å². The lowest BCUT2D eigenvalue weighted by molar-refractivity contribution is -0.145. The molecule has 1 aromatic carbocycles. The Hall–Kier alpha value is -1.06. The van der Waals surface area contributed by atoms with Gasteiger partial charge in [0.25, 0.3) is 0 Å². The number of likely N-dealkylation sites (N-methyl/N-ethyl adjacent to an activating group) is 1. The minimum atomic E-state index is -0.130. The lowest BCUT2D eigenvalue weighted by Crippen LogP contribution is -2.23. The highest BCUT2D eigenvalue weighted by Crippen LogP contribution is 2.33. The largest absolute Gasteiger partial charge is 0.469 e. The standard InChI is InChI=1S/C13H16ClNO2/c1-15-7-11(12(8-15)13(16)17-2)9-3-5-10(14)6-4-9/h3-6,11-12H,7-8H2,1-2H3/t11-,12-/m0/s1. The van der Waals surface area contributed by atoms with Crippen LogP contribution in [0.15, 0.2) is 24.3 Å². The molecule has 1 aliphatic heterocycles. The molecule has 0 saturated carbocycles. The summed E-state index contributed by atoms with van der Waals surface area (Å²) in [5, 5.41) is 0.717. The maximum absolute atomic E-state index is 11.7. The van der Waals surface area contributed by atoms with Gasteiger partial charge < -0.3 is 9.64 Å². The van der Waals surface area contributed by atoms with Crippen molar-refractivity contribution in [2.24, 2.45) is 5.92 Å². The normalized spacial score (nSPS) is 24.9. The average Bonchev–Trinajstić information content (AvgIpc) is 2.71. The van der Waals surface area contributed by atoms with E-state index in [1.165, 1.54) is 7.11 Å². The molecule has 0 N–H and O–H groups in total. The van der Waals surface area contributed by atoms with Crippen molar-refractivity contribution < 1.29 is 9.53 Å². The minimum Gasteiger partial charge on any atom is -0.469 e. The summed E-state index contributed by atoms with van der Waals surface area (Å²) >= 11 is 5.87. The van der Waals surface area contributed by atoms with Crippen LogP contribution in [0.4, 0.5) is 0 Å². The highest BCUT2D eigenvalue weighted by Gasteiger charge is 2.37. The molecule has 2 rings (SSSR count). The van der Waals surface area contributed by atoms with Gasteiger partial charge in [-0.2, -0.15) is 0 Å². The highest BCUT2D eigenvalue weighted by molar-refractivity contribution is 6.30. The number of carbonyl (C=O) groups is 1. The molecule has 1 saturated heterocycles. The van der Waals surface area contributed by atoms with Gasteiger partial charge in [0.15, 0.2) is 0 Å². The number of hydrogen-bond acceptors (Lipinski definition) is 3. The third-order valence-electron chi connectivity index (χ3n) is 3.30. The summed E-state index contributed by atoms with van der Waals surface area (Å²) < 4.78 is 4.87. The van der Waals surface area contributed by atoms with Gasteiger partial charge in [-0.1, -0.05) is 23.7 Å². The minimum absolute atomic E-state index is 0.0776. The van der Waals surface area contributed by atoms with Crippen LogP contribution < -0.4 is 0 Å². The first kappa shape index (κ1) is 12.4. The van der Waals surface area contributed by atoms with E-state index in [1.54, 1.807) is 0 Å². The maximum Gasteiger partial charge on any atom is 0.310 e. The van der Waals surface area contributed by atoms with E-state index in [4.69, 9.17) is 16.3 Å². The zero-order chi connectivity index (χ0) is 12.4. The number of benzene rings is 1. The highest BCUT2D eigenvalue weighted by atomic mass is 35.5. The second-order valence-corrected chi connectivity index (χ2v) is 4.95. The molecule has 0 radical (unpaired) electrons. The number of likely N-dealkylation sites (tertiary alicyclic amines) is 1. The van der Waals surface area contributed by atoms with Gasteiger partial charge in [0.1, 0.15) is 0 Å². The van der Waals surface area contributed by atoms with E-state index in [0.29, 0.717) is 0 Å². The first-order chi connectivity index (χ1) is 8.11. The van der Waals surface area contributed by atoms with Gasteiger partial charge in [0, 0.05) is 24.0 Å². The van der Waals surface area contributed by atoms with E-state index in [2.05, 4.69) is 4.90 Å². The predicted octanol–water partition coefficient (Wildman–Crippen LogP) is 2.16. The molecule has 0 aliphatic carbocycles. The number of rotatable bonds is 2. The molecule has 0 spiro atoms.